The van der Waals surface area contributed by atoms with Crippen molar-refractivity contribution in [1.29, 1.82) is 0 Å². The van der Waals surface area contributed by atoms with Crippen LogP contribution >= 0.6 is 0 Å². The quantitative estimate of drug-likeness (QED) is 0.589. The van der Waals surface area contributed by atoms with Gasteiger partial charge in [-0.1, -0.05) is 81.4 Å². The summed E-state index contributed by atoms with van der Waals surface area (Å²) in [5.74, 6) is -1.08. The van der Waals surface area contributed by atoms with Gasteiger partial charge in [0.25, 0.3) is 0 Å². The highest BCUT2D eigenvalue weighted by atomic mass is 16.7. The molecule has 0 bridgehead atoms. The molecule has 144 valence electrons. The van der Waals surface area contributed by atoms with E-state index in [0.29, 0.717) is 6.42 Å². The van der Waals surface area contributed by atoms with Crippen molar-refractivity contribution in [3.63, 3.8) is 0 Å². The number of rotatable bonds is 5. The van der Waals surface area contributed by atoms with Crippen molar-refractivity contribution in [3.05, 3.63) is 82.9 Å². The average molecular weight is 367 g/mol. The Kier molecular flexibility index (Phi) is 5.31. The summed E-state index contributed by atoms with van der Waals surface area (Å²) in [5, 5.41) is 11.9. The highest BCUT2D eigenvalue weighted by molar-refractivity contribution is 5.48. The maximum absolute atomic E-state index is 11.9. The minimum absolute atomic E-state index is 0.131. The van der Waals surface area contributed by atoms with Gasteiger partial charge in [0.15, 0.2) is 0 Å². The van der Waals surface area contributed by atoms with Crippen LogP contribution in [-0.2, 0) is 20.9 Å². The molecule has 0 heterocycles. The Labute approximate surface area is 162 Å². The van der Waals surface area contributed by atoms with Crippen LogP contribution in [0.4, 0.5) is 0 Å². The van der Waals surface area contributed by atoms with Crippen molar-refractivity contribution in [2.24, 2.45) is 5.41 Å². The largest absolute Gasteiger partial charge is 0.381 e. The summed E-state index contributed by atoms with van der Waals surface area (Å²) in [5.41, 5.74) is 2.46. The lowest BCUT2D eigenvalue weighted by Crippen LogP contribution is -2.39. The molecule has 2 aromatic rings. The topological polar surface area (TPSA) is 38.7 Å². The molecule has 1 atom stereocenters. The molecular weight excluding hydrogens is 336 g/mol. The van der Waals surface area contributed by atoms with Crippen LogP contribution in [0.2, 0.25) is 0 Å². The molecule has 0 spiro atoms. The molecule has 0 aromatic heterocycles. The number of hydrogen-bond acceptors (Lipinski definition) is 3. The minimum Gasteiger partial charge on any atom is -0.381 e. The zero-order valence-corrected chi connectivity index (χ0v) is 17.0. The highest BCUT2D eigenvalue weighted by Crippen LogP contribution is 2.50. The molecule has 1 aliphatic rings. The summed E-state index contributed by atoms with van der Waals surface area (Å²) >= 11 is 0. The molecule has 0 fully saturated rings. The summed E-state index contributed by atoms with van der Waals surface area (Å²) < 4.78 is 11.9. The molecule has 1 N–H and O–H groups in total. The number of aliphatic hydroxyl groups is 1. The molecule has 0 saturated carbocycles. The van der Waals surface area contributed by atoms with Gasteiger partial charge in [-0.3, -0.25) is 0 Å². The predicted molar refractivity (Wildman–Crippen MR) is 108 cm³/mol. The molecule has 0 radical (unpaired) electrons. The van der Waals surface area contributed by atoms with Crippen LogP contribution in [0.25, 0.3) is 0 Å². The fraction of sp³-hybridized carbons (Fsp3) is 0.417. The SMILES string of the molecule is COC(OC)(c1ccccc1)c1ccccc1C1(O)CCC=C1C(C)(C)C. The third-order valence-electron chi connectivity index (χ3n) is 5.56. The van der Waals surface area contributed by atoms with E-state index in [9.17, 15) is 5.11 Å². The van der Waals surface area contributed by atoms with E-state index in [4.69, 9.17) is 9.47 Å². The molecule has 2 aromatic carbocycles. The fourth-order valence-electron chi connectivity index (χ4n) is 4.42. The summed E-state index contributed by atoms with van der Waals surface area (Å²) in [6.45, 7) is 6.44. The van der Waals surface area contributed by atoms with Crippen LogP contribution in [0.5, 0.6) is 0 Å². The molecule has 0 saturated heterocycles. The monoisotopic (exact) mass is 366 g/mol. The standard InChI is InChI=1S/C24H30O3/c1-22(2,3)21-16-11-17-23(21,25)19-14-9-10-15-20(19)24(26-4,27-5)18-12-7-6-8-13-18/h6-10,12-16,25H,11,17H2,1-5H3. The number of hydrogen-bond donors (Lipinski definition) is 1. The van der Waals surface area contributed by atoms with E-state index in [2.05, 4.69) is 26.8 Å². The van der Waals surface area contributed by atoms with Gasteiger partial charge in [-0.05, 0) is 29.4 Å². The average Bonchev–Trinajstić information content (AvgIpc) is 3.08. The Balaban J connectivity index is 2.24. The number of ether oxygens (including phenoxy) is 2. The Morgan fingerprint density at radius 2 is 1.48 bits per heavy atom. The molecule has 3 rings (SSSR count). The first-order chi connectivity index (χ1) is 12.8. The molecule has 1 aliphatic carbocycles. The summed E-state index contributed by atoms with van der Waals surface area (Å²) in [7, 11) is 3.29. The van der Waals surface area contributed by atoms with E-state index in [1.54, 1.807) is 14.2 Å². The number of benzene rings is 2. The van der Waals surface area contributed by atoms with E-state index >= 15 is 0 Å². The van der Waals surface area contributed by atoms with Crippen LogP contribution in [0, 0.1) is 5.41 Å². The molecule has 27 heavy (non-hydrogen) atoms. The molecule has 3 heteroatoms. The van der Waals surface area contributed by atoms with Gasteiger partial charge in [0.1, 0.15) is 5.60 Å². The lowest BCUT2D eigenvalue weighted by molar-refractivity contribution is -0.185. The minimum atomic E-state index is -1.08. The molecule has 0 amide bonds. The van der Waals surface area contributed by atoms with Gasteiger partial charge in [-0.15, -0.1) is 0 Å². The summed E-state index contributed by atoms with van der Waals surface area (Å²) in [6, 6.07) is 17.8. The highest BCUT2D eigenvalue weighted by Gasteiger charge is 2.47. The lowest BCUT2D eigenvalue weighted by atomic mass is 9.72. The number of allylic oxidation sites excluding steroid dienone is 1. The van der Waals surface area contributed by atoms with E-state index in [0.717, 1.165) is 28.7 Å². The maximum Gasteiger partial charge on any atom is 0.222 e. The van der Waals surface area contributed by atoms with Gasteiger partial charge in [0.2, 0.25) is 5.79 Å². The molecule has 0 aliphatic heterocycles. The fourth-order valence-corrected chi connectivity index (χ4v) is 4.42. The van der Waals surface area contributed by atoms with E-state index in [1.165, 1.54) is 0 Å². The third-order valence-corrected chi connectivity index (χ3v) is 5.56. The van der Waals surface area contributed by atoms with Gasteiger partial charge >= 0.3 is 0 Å². The Bertz CT molecular complexity index is 813. The van der Waals surface area contributed by atoms with Crippen LogP contribution in [0.15, 0.2) is 66.2 Å². The van der Waals surface area contributed by atoms with Crippen molar-refractivity contribution in [3.8, 4) is 0 Å². The number of methoxy groups -OCH3 is 2. The van der Waals surface area contributed by atoms with Gasteiger partial charge in [0, 0.05) is 25.3 Å². The van der Waals surface area contributed by atoms with E-state index < -0.39 is 11.4 Å². The molecule has 3 nitrogen and oxygen atoms in total. The zero-order chi connectivity index (χ0) is 19.7. The van der Waals surface area contributed by atoms with Crippen LogP contribution < -0.4 is 0 Å². The third kappa shape index (κ3) is 3.25. The van der Waals surface area contributed by atoms with Gasteiger partial charge in [0.05, 0.1) is 0 Å². The first-order valence-electron chi connectivity index (χ1n) is 9.49. The van der Waals surface area contributed by atoms with Crippen molar-refractivity contribution >= 4 is 0 Å². The first-order valence-corrected chi connectivity index (χ1v) is 9.49. The first kappa shape index (κ1) is 19.8. The lowest BCUT2D eigenvalue weighted by Gasteiger charge is -2.40. The molecular formula is C24H30O3. The normalized spacial score (nSPS) is 20.6. The van der Waals surface area contributed by atoms with Crippen molar-refractivity contribution in [2.45, 2.75) is 45.0 Å². The van der Waals surface area contributed by atoms with Gasteiger partial charge in [-0.25, -0.2) is 0 Å². The van der Waals surface area contributed by atoms with Crippen molar-refractivity contribution in [2.75, 3.05) is 14.2 Å². The summed E-state index contributed by atoms with van der Waals surface area (Å²) in [4.78, 5) is 0. The van der Waals surface area contributed by atoms with Crippen LogP contribution in [0.3, 0.4) is 0 Å². The van der Waals surface area contributed by atoms with Gasteiger partial charge < -0.3 is 14.6 Å². The van der Waals surface area contributed by atoms with E-state index in [-0.39, 0.29) is 5.41 Å². The summed E-state index contributed by atoms with van der Waals surface area (Å²) in [6.07, 6.45) is 3.70. The Morgan fingerprint density at radius 1 is 0.889 bits per heavy atom. The second-order valence-corrected chi connectivity index (χ2v) is 8.20. The maximum atomic E-state index is 11.9. The van der Waals surface area contributed by atoms with Gasteiger partial charge in [-0.2, -0.15) is 0 Å². The van der Waals surface area contributed by atoms with Crippen molar-refractivity contribution in [1.82, 2.24) is 0 Å². The second kappa shape index (κ2) is 7.23. The zero-order valence-electron chi connectivity index (χ0n) is 17.0. The van der Waals surface area contributed by atoms with Crippen LogP contribution in [0.1, 0.15) is 50.3 Å². The predicted octanol–water partition coefficient (Wildman–Crippen LogP) is 5.13. The van der Waals surface area contributed by atoms with Crippen molar-refractivity contribution < 1.29 is 14.6 Å². The Hall–Kier alpha value is -1.94. The molecule has 1 unspecified atom stereocenters. The second-order valence-electron chi connectivity index (χ2n) is 8.20. The van der Waals surface area contributed by atoms with E-state index in [1.807, 2.05) is 54.6 Å². The smallest absolute Gasteiger partial charge is 0.222 e. The van der Waals surface area contributed by atoms with Crippen LogP contribution in [-0.4, -0.2) is 19.3 Å². The Morgan fingerprint density at radius 3 is 2.07 bits per heavy atom.